The van der Waals surface area contributed by atoms with Crippen molar-refractivity contribution in [1.82, 2.24) is 4.57 Å². The van der Waals surface area contributed by atoms with Crippen molar-refractivity contribution in [3.8, 4) is 28.7 Å². The molecule has 2 heterocycles. The van der Waals surface area contributed by atoms with Gasteiger partial charge in [-0.2, -0.15) is 18.4 Å². The number of carbonyl (C=O) groups is 1. The molecule has 0 N–H and O–H groups in total. The van der Waals surface area contributed by atoms with Gasteiger partial charge in [0.05, 0.1) is 37.6 Å². The van der Waals surface area contributed by atoms with E-state index >= 15 is 0 Å². The SMILES string of the molecule is COC(=O)Cc1ccc(-c2coc(-c3cc(C(F)(F)F)c(C#N)c(=O)n3Cc3ccc(F)cc3F)c2)cc1Cl. The zero-order valence-corrected chi connectivity index (χ0v) is 20.7. The fraction of sp³-hybridized carbons (Fsp3) is 0.148. The molecule has 0 aliphatic rings. The molecule has 0 aliphatic carbocycles. The lowest BCUT2D eigenvalue weighted by Crippen LogP contribution is -2.29. The molecule has 0 saturated carbocycles. The molecule has 0 aliphatic heterocycles. The maximum Gasteiger partial charge on any atom is 0.417 e. The number of halogens is 6. The number of methoxy groups -OCH3 is 1. The first-order chi connectivity index (χ1) is 18.4. The Hall–Kier alpha value is -4.43. The molecule has 2 aromatic heterocycles. The summed E-state index contributed by atoms with van der Waals surface area (Å²) in [4.78, 5) is 24.6. The van der Waals surface area contributed by atoms with Gasteiger partial charge in [-0.25, -0.2) is 8.78 Å². The Morgan fingerprint density at radius 1 is 1.08 bits per heavy atom. The minimum atomic E-state index is -5.06. The number of nitriles is 1. The zero-order valence-electron chi connectivity index (χ0n) is 19.9. The van der Waals surface area contributed by atoms with E-state index in [0.29, 0.717) is 28.8 Å². The second kappa shape index (κ2) is 10.7. The van der Waals surface area contributed by atoms with Crippen molar-refractivity contribution in [2.24, 2.45) is 0 Å². The molecule has 0 fully saturated rings. The molecule has 0 spiro atoms. The van der Waals surface area contributed by atoms with E-state index < -0.39 is 52.7 Å². The van der Waals surface area contributed by atoms with Crippen LogP contribution < -0.4 is 5.56 Å². The van der Waals surface area contributed by atoms with Crippen molar-refractivity contribution < 1.29 is 35.9 Å². The highest BCUT2D eigenvalue weighted by Crippen LogP contribution is 2.36. The molecule has 0 radical (unpaired) electrons. The van der Waals surface area contributed by atoms with E-state index in [1.807, 2.05) is 0 Å². The summed E-state index contributed by atoms with van der Waals surface area (Å²) in [5.74, 6) is -2.63. The number of carbonyl (C=O) groups excluding carboxylic acids is 1. The third-order valence-electron chi connectivity index (χ3n) is 5.86. The normalized spacial score (nSPS) is 11.3. The number of aromatic nitrogens is 1. The third-order valence-corrected chi connectivity index (χ3v) is 6.21. The Balaban J connectivity index is 1.85. The van der Waals surface area contributed by atoms with Crippen LogP contribution in [-0.4, -0.2) is 17.6 Å². The maximum absolute atomic E-state index is 14.4. The molecule has 200 valence electrons. The standard InChI is InChI=1S/C27H16ClF5N2O4/c1-38-25(36)8-15-3-2-14(6-21(15)28)17-7-24(39-13-17)23-10-20(27(31,32)33)19(11-34)26(37)35(23)12-16-4-5-18(29)9-22(16)30/h2-7,9-10,13H,8,12H2,1H3. The van der Waals surface area contributed by atoms with Crippen LogP contribution in [0.15, 0.2) is 64.0 Å². The number of rotatable bonds is 6. The van der Waals surface area contributed by atoms with Gasteiger partial charge in [0.1, 0.15) is 23.3 Å². The van der Waals surface area contributed by atoms with E-state index in [1.54, 1.807) is 12.1 Å². The van der Waals surface area contributed by atoms with Crippen molar-refractivity contribution in [2.45, 2.75) is 19.1 Å². The van der Waals surface area contributed by atoms with Crippen LogP contribution >= 0.6 is 11.6 Å². The van der Waals surface area contributed by atoms with E-state index in [2.05, 4.69) is 4.74 Å². The molecule has 6 nitrogen and oxygen atoms in total. The van der Waals surface area contributed by atoms with Crippen molar-refractivity contribution >= 4 is 17.6 Å². The molecule has 39 heavy (non-hydrogen) atoms. The maximum atomic E-state index is 14.4. The summed E-state index contributed by atoms with van der Waals surface area (Å²) < 4.78 is 79.9. The van der Waals surface area contributed by atoms with Crippen LogP contribution in [-0.2, 0) is 28.7 Å². The van der Waals surface area contributed by atoms with Crippen LogP contribution in [0.2, 0.25) is 5.02 Å². The fourth-order valence-electron chi connectivity index (χ4n) is 3.88. The first-order valence-corrected chi connectivity index (χ1v) is 11.4. The van der Waals surface area contributed by atoms with Crippen LogP contribution in [0.1, 0.15) is 22.3 Å². The highest BCUT2D eigenvalue weighted by atomic mass is 35.5. The van der Waals surface area contributed by atoms with Crippen molar-refractivity contribution in [3.63, 3.8) is 0 Å². The van der Waals surface area contributed by atoms with Gasteiger partial charge in [0, 0.05) is 22.2 Å². The van der Waals surface area contributed by atoms with Crippen LogP contribution in [0, 0.1) is 23.0 Å². The van der Waals surface area contributed by atoms with Crippen LogP contribution in [0.25, 0.3) is 22.6 Å². The lowest BCUT2D eigenvalue weighted by atomic mass is 10.0. The Morgan fingerprint density at radius 2 is 1.79 bits per heavy atom. The molecule has 4 aromatic rings. The smallest absolute Gasteiger partial charge is 0.417 e. The summed E-state index contributed by atoms with van der Waals surface area (Å²) in [6.45, 7) is -0.614. The highest BCUT2D eigenvalue weighted by molar-refractivity contribution is 6.31. The summed E-state index contributed by atoms with van der Waals surface area (Å²) in [7, 11) is 1.23. The van der Waals surface area contributed by atoms with Crippen LogP contribution in [0.5, 0.6) is 0 Å². The number of pyridine rings is 1. The van der Waals surface area contributed by atoms with E-state index in [4.69, 9.17) is 16.0 Å². The first-order valence-electron chi connectivity index (χ1n) is 11.1. The van der Waals surface area contributed by atoms with E-state index in [-0.39, 0.29) is 22.8 Å². The largest absolute Gasteiger partial charge is 0.469 e. The number of furan rings is 1. The summed E-state index contributed by atoms with van der Waals surface area (Å²) in [6, 6.07) is 10.4. The van der Waals surface area contributed by atoms with E-state index in [9.17, 15) is 36.8 Å². The molecule has 0 amide bonds. The van der Waals surface area contributed by atoms with Gasteiger partial charge in [-0.3, -0.25) is 14.2 Å². The number of ether oxygens (including phenoxy) is 1. The average Bonchev–Trinajstić information content (AvgIpc) is 3.37. The third kappa shape index (κ3) is 5.71. The van der Waals surface area contributed by atoms with E-state index in [1.165, 1.54) is 31.6 Å². The number of hydrogen-bond acceptors (Lipinski definition) is 5. The number of nitrogens with zero attached hydrogens (tertiary/aromatic N) is 2. The minimum absolute atomic E-state index is 0.0794. The summed E-state index contributed by atoms with van der Waals surface area (Å²) in [5.41, 5.74) is -3.29. The van der Waals surface area contributed by atoms with Gasteiger partial charge in [0.2, 0.25) is 0 Å². The summed E-state index contributed by atoms with van der Waals surface area (Å²) in [6.07, 6.45) is -3.93. The molecular formula is C27H16ClF5N2O4. The highest BCUT2D eigenvalue weighted by Gasteiger charge is 2.37. The Bertz CT molecular complexity index is 1690. The van der Waals surface area contributed by atoms with Crippen molar-refractivity contribution in [3.05, 3.63) is 104 Å². The topological polar surface area (TPSA) is 85.2 Å². The quantitative estimate of drug-likeness (QED) is 0.202. The van der Waals surface area contributed by atoms with Crippen LogP contribution in [0.4, 0.5) is 22.0 Å². The van der Waals surface area contributed by atoms with Gasteiger partial charge in [-0.05, 0) is 35.4 Å². The molecule has 0 unspecified atom stereocenters. The van der Waals surface area contributed by atoms with E-state index in [0.717, 1.165) is 16.7 Å². The van der Waals surface area contributed by atoms with Crippen molar-refractivity contribution in [1.29, 1.82) is 5.26 Å². The number of hydrogen-bond donors (Lipinski definition) is 0. The summed E-state index contributed by atoms with van der Waals surface area (Å²) in [5, 5.41) is 9.55. The lowest BCUT2D eigenvalue weighted by Gasteiger charge is -2.16. The number of alkyl halides is 3. The predicted octanol–water partition coefficient (Wildman–Crippen LogP) is 6.36. The molecule has 12 heteroatoms. The molecule has 0 saturated heterocycles. The van der Waals surface area contributed by atoms with Crippen molar-refractivity contribution in [2.75, 3.05) is 7.11 Å². The van der Waals surface area contributed by atoms with Gasteiger partial charge in [-0.15, -0.1) is 0 Å². The van der Waals surface area contributed by atoms with Gasteiger partial charge >= 0.3 is 12.1 Å². The average molecular weight is 563 g/mol. The zero-order chi connectivity index (χ0) is 28.5. The minimum Gasteiger partial charge on any atom is -0.469 e. The molecular weight excluding hydrogens is 547 g/mol. The van der Waals surface area contributed by atoms with Gasteiger partial charge in [0.15, 0.2) is 5.76 Å². The van der Waals surface area contributed by atoms with Gasteiger partial charge in [0.25, 0.3) is 5.56 Å². The number of esters is 1. The molecule has 4 rings (SSSR count). The van der Waals surface area contributed by atoms with Crippen LogP contribution in [0.3, 0.4) is 0 Å². The predicted molar refractivity (Wildman–Crippen MR) is 130 cm³/mol. The van der Waals surface area contributed by atoms with Gasteiger partial charge < -0.3 is 9.15 Å². The van der Waals surface area contributed by atoms with Gasteiger partial charge in [-0.1, -0.05) is 29.8 Å². The lowest BCUT2D eigenvalue weighted by molar-refractivity contribution is -0.140. The monoisotopic (exact) mass is 562 g/mol. The Labute approximate surface area is 222 Å². The molecule has 0 atom stereocenters. The fourth-order valence-corrected chi connectivity index (χ4v) is 4.13. The molecule has 2 aromatic carbocycles. The Kier molecular flexibility index (Phi) is 7.60. The molecule has 0 bridgehead atoms. The Morgan fingerprint density at radius 3 is 2.41 bits per heavy atom. The number of benzene rings is 2. The second-order valence-electron chi connectivity index (χ2n) is 8.31. The summed E-state index contributed by atoms with van der Waals surface area (Å²) >= 11 is 6.27. The first kappa shape index (κ1) is 27.6. The second-order valence-corrected chi connectivity index (χ2v) is 8.72.